The summed E-state index contributed by atoms with van der Waals surface area (Å²) in [6.07, 6.45) is 4.94. The number of carbonyl (C=O) groups excluding carboxylic acids is 1. The van der Waals surface area contributed by atoms with E-state index < -0.39 is 47.9 Å². The van der Waals surface area contributed by atoms with E-state index in [0.29, 0.717) is 11.3 Å². The zero-order chi connectivity index (χ0) is 45.8. The second-order valence-corrected chi connectivity index (χ2v) is 17.9. The number of carbonyl (C=O) groups is 3. The average Bonchev–Trinajstić information content (AvgIpc) is 3.92. The van der Waals surface area contributed by atoms with Gasteiger partial charge in [0.25, 0.3) is 17.0 Å². The van der Waals surface area contributed by atoms with E-state index in [1.165, 1.54) is 6.08 Å². The molecule has 3 heterocycles. The molecular formula is C48H34N4O9S4. The Morgan fingerprint density at radius 2 is 1.18 bits per heavy atom. The number of thioether (sulfide) groups is 1. The highest BCUT2D eigenvalue weighted by molar-refractivity contribution is 8.30. The number of carboxylic acids is 2. The van der Waals surface area contributed by atoms with Crippen molar-refractivity contribution in [3.05, 3.63) is 191 Å². The van der Waals surface area contributed by atoms with Gasteiger partial charge < -0.3 is 20.0 Å². The van der Waals surface area contributed by atoms with Crippen molar-refractivity contribution in [1.82, 2.24) is 14.0 Å². The van der Waals surface area contributed by atoms with Gasteiger partial charge in [-0.25, -0.2) is 9.82 Å². The van der Waals surface area contributed by atoms with E-state index in [1.807, 2.05) is 60.7 Å². The Hall–Kier alpha value is -7.41. The van der Waals surface area contributed by atoms with Gasteiger partial charge >= 0.3 is 11.9 Å². The van der Waals surface area contributed by atoms with Gasteiger partial charge in [0.15, 0.2) is 0 Å². The largest absolute Gasteiger partial charge is 0.480 e. The maximum absolute atomic E-state index is 13.9. The molecule has 8 rings (SSSR count). The number of rotatable bonds is 13. The molecule has 0 radical (unpaired) electrons. The van der Waals surface area contributed by atoms with Crippen LogP contribution in [-0.2, 0) is 25.8 Å². The first-order valence-electron chi connectivity index (χ1n) is 19.5. The molecule has 5 aromatic carbocycles. The Labute approximate surface area is 386 Å². The lowest BCUT2D eigenvalue weighted by Crippen LogP contribution is -2.35. The van der Waals surface area contributed by atoms with Crippen LogP contribution in [-0.4, -0.2) is 58.2 Å². The molecule has 2 aromatic heterocycles. The number of thiazole rings is 2. The molecule has 3 N–H and O–H groups in total. The molecule has 1 amide bonds. The quantitative estimate of drug-likeness (QED) is 0.0445. The Bertz CT molecular complexity index is 3300. The van der Waals surface area contributed by atoms with Crippen LogP contribution in [0.15, 0.2) is 156 Å². The number of amides is 1. The molecular weight excluding hydrogens is 905 g/mol. The van der Waals surface area contributed by atoms with Crippen LogP contribution in [0.3, 0.4) is 0 Å². The van der Waals surface area contributed by atoms with Crippen molar-refractivity contribution in [3.8, 4) is 22.3 Å². The Kier molecular flexibility index (Phi) is 13.0. The number of thiocarbonyl (C=S) groups is 1. The number of allylic oxidation sites excluding steroid dienone is 1. The predicted molar refractivity (Wildman–Crippen MR) is 259 cm³/mol. The fourth-order valence-electron chi connectivity index (χ4n) is 7.00. The highest BCUT2D eigenvalue weighted by Gasteiger charge is 2.35. The Morgan fingerprint density at radius 3 is 1.69 bits per heavy atom. The van der Waals surface area contributed by atoms with E-state index in [9.17, 15) is 39.4 Å². The van der Waals surface area contributed by atoms with Crippen LogP contribution in [0.4, 0.5) is 17.1 Å². The SMILES string of the molecule is C=C(OO)n1c(=O)/c(=C\C=C\c2ccc(N(c3ccc(-c4ccccc4)cc3)c3ccc(-c4ccccc4)cc3)cc2)s/c1=c1/s/c(=C2\SC(=S)N(CC(=O)O)C2=O)n(CC(=O)O)c1=O. The third kappa shape index (κ3) is 9.31. The molecule has 1 fully saturated rings. The molecule has 0 atom stereocenters. The van der Waals surface area contributed by atoms with Gasteiger partial charge in [0.2, 0.25) is 5.88 Å². The minimum Gasteiger partial charge on any atom is -0.480 e. The van der Waals surface area contributed by atoms with Gasteiger partial charge in [-0.05, 0) is 76.9 Å². The summed E-state index contributed by atoms with van der Waals surface area (Å²) in [6, 6.07) is 44.9. The molecule has 0 bridgehead atoms. The Balaban J connectivity index is 1.16. The maximum Gasteiger partial charge on any atom is 0.323 e. The van der Waals surface area contributed by atoms with Crippen LogP contribution in [0.2, 0.25) is 0 Å². The van der Waals surface area contributed by atoms with Crippen molar-refractivity contribution in [2.75, 3.05) is 11.4 Å². The molecule has 7 aromatic rings. The van der Waals surface area contributed by atoms with E-state index in [4.69, 9.17) is 12.2 Å². The summed E-state index contributed by atoms with van der Waals surface area (Å²) in [6.45, 7) is 2.00. The molecule has 0 saturated carbocycles. The highest BCUT2D eigenvalue weighted by Crippen LogP contribution is 2.37. The van der Waals surface area contributed by atoms with Gasteiger partial charge in [0, 0.05) is 17.1 Å². The lowest BCUT2D eigenvalue weighted by atomic mass is 10.0. The average molecular weight is 939 g/mol. The zero-order valence-electron chi connectivity index (χ0n) is 33.8. The fourth-order valence-corrected chi connectivity index (χ4v) is 10.7. The summed E-state index contributed by atoms with van der Waals surface area (Å²) in [5.41, 5.74) is 6.44. The van der Waals surface area contributed by atoms with Crippen molar-refractivity contribution >= 4 is 109 Å². The first-order chi connectivity index (χ1) is 31.4. The lowest BCUT2D eigenvalue weighted by molar-refractivity contribution is -0.176. The molecule has 0 aliphatic carbocycles. The van der Waals surface area contributed by atoms with Gasteiger partial charge in [-0.1, -0.05) is 133 Å². The third-order valence-electron chi connectivity index (χ3n) is 10.0. The van der Waals surface area contributed by atoms with Crippen LogP contribution >= 0.6 is 46.7 Å². The summed E-state index contributed by atoms with van der Waals surface area (Å²) in [5, 5.41) is 28.5. The molecule has 13 nitrogen and oxygen atoms in total. The molecule has 1 aliphatic rings. The van der Waals surface area contributed by atoms with E-state index in [1.54, 1.807) is 12.2 Å². The Morgan fingerprint density at radius 1 is 0.677 bits per heavy atom. The van der Waals surface area contributed by atoms with Crippen molar-refractivity contribution < 1.29 is 34.7 Å². The second-order valence-electron chi connectivity index (χ2n) is 14.2. The summed E-state index contributed by atoms with van der Waals surface area (Å²) in [5.74, 6) is -4.09. The minimum absolute atomic E-state index is 0.0619. The van der Waals surface area contributed by atoms with E-state index in [2.05, 4.69) is 89.2 Å². The molecule has 1 saturated heterocycles. The maximum atomic E-state index is 13.9. The van der Waals surface area contributed by atoms with E-state index >= 15 is 0 Å². The van der Waals surface area contributed by atoms with Crippen LogP contribution in [0.5, 0.6) is 0 Å². The molecule has 65 heavy (non-hydrogen) atoms. The van der Waals surface area contributed by atoms with Gasteiger partial charge in [0.05, 0.1) is 4.53 Å². The van der Waals surface area contributed by atoms with Gasteiger partial charge in [-0.2, -0.15) is 0 Å². The lowest BCUT2D eigenvalue weighted by Gasteiger charge is -2.26. The highest BCUT2D eigenvalue weighted by atomic mass is 32.2. The monoisotopic (exact) mass is 938 g/mol. The minimum atomic E-state index is -1.40. The first kappa shape index (κ1) is 44.2. The number of benzene rings is 5. The summed E-state index contributed by atoms with van der Waals surface area (Å²) >= 11 is 7.48. The number of aromatic nitrogens is 2. The number of nitrogens with zero attached hydrogens (tertiary/aromatic N) is 4. The number of carboxylic acid groups (broad SMARTS) is 2. The molecule has 0 spiro atoms. The third-order valence-corrected chi connectivity index (χ3v) is 14.0. The normalized spacial score (nSPS) is 14.3. The van der Waals surface area contributed by atoms with Gasteiger partial charge in [-0.3, -0.25) is 33.4 Å². The summed E-state index contributed by atoms with van der Waals surface area (Å²) in [4.78, 5) is 71.4. The number of aliphatic carboxylic acids is 2. The van der Waals surface area contributed by atoms with Gasteiger partial charge in [-0.15, -0.1) is 22.7 Å². The van der Waals surface area contributed by atoms with Crippen molar-refractivity contribution in [3.63, 3.8) is 0 Å². The molecule has 17 heteroatoms. The number of hydrogen-bond acceptors (Lipinski definition) is 12. The fraction of sp³-hybridized carbons (Fsp3) is 0.0417. The smallest absolute Gasteiger partial charge is 0.323 e. The predicted octanol–water partition coefficient (Wildman–Crippen LogP) is 7.77. The molecule has 1 aliphatic heterocycles. The standard InChI is InChI=1S/C48H34N4O9S4/c1-29(61-60)51-43(57)38(63-47(51)42-44(58)49(27-39(53)54)46(64-42)41-45(59)50(28-40(55)56)48(62)65-41)14-8-9-30-15-21-35(22-16-30)52(36-23-17-33(18-24-36)31-10-4-2-5-11-31)37-25-19-34(20-26-37)32-12-6-3-7-13-32/h2-26,60H,1,27-28H2,(H,53,54)(H,55,56)/b9-8+,38-14+,46-41-,47-42+. The number of hydrogen-bond donors (Lipinski definition) is 3. The van der Waals surface area contributed by atoms with Crippen molar-refractivity contribution in [2.45, 2.75) is 6.54 Å². The first-order valence-corrected chi connectivity index (χ1v) is 22.3. The van der Waals surface area contributed by atoms with Gasteiger partial charge in [0.1, 0.15) is 36.2 Å². The van der Waals surface area contributed by atoms with Crippen LogP contribution in [0, 0.1) is 9.20 Å². The van der Waals surface area contributed by atoms with E-state index in [-0.39, 0.29) is 27.6 Å². The zero-order valence-corrected chi connectivity index (χ0v) is 37.0. The van der Waals surface area contributed by atoms with Crippen LogP contribution < -0.4 is 25.2 Å². The van der Waals surface area contributed by atoms with Crippen molar-refractivity contribution in [2.24, 2.45) is 0 Å². The molecule has 324 valence electrons. The molecule has 0 unspecified atom stereocenters. The topological polar surface area (TPSA) is 172 Å². The number of anilines is 3. The van der Waals surface area contributed by atoms with Crippen LogP contribution in [0.25, 0.3) is 45.2 Å². The summed E-state index contributed by atoms with van der Waals surface area (Å²) in [7, 11) is 0. The van der Waals surface area contributed by atoms with Crippen molar-refractivity contribution in [1.29, 1.82) is 0 Å². The van der Waals surface area contributed by atoms with E-state index in [0.717, 1.165) is 82.0 Å². The summed E-state index contributed by atoms with van der Waals surface area (Å²) < 4.78 is 1.37. The second kappa shape index (κ2) is 19.1. The van der Waals surface area contributed by atoms with Crippen LogP contribution in [0.1, 0.15) is 5.56 Å².